The summed E-state index contributed by atoms with van der Waals surface area (Å²) in [5.41, 5.74) is 1.09. The maximum absolute atomic E-state index is 13.5. The highest BCUT2D eigenvalue weighted by Gasteiger charge is 2.36. The van der Waals surface area contributed by atoms with Crippen molar-refractivity contribution in [2.24, 2.45) is 11.8 Å². The maximum atomic E-state index is 13.5. The predicted octanol–water partition coefficient (Wildman–Crippen LogP) is 3.91. The molecule has 0 bridgehead atoms. The minimum Gasteiger partial charge on any atom is -0.463 e. The van der Waals surface area contributed by atoms with E-state index < -0.39 is 5.92 Å². The number of carbonyl (C=O) groups excluding carboxylic acids is 3. The van der Waals surface area contributed by atoms with E-state index in [0.29, 0.717) is 32.4 Å². The van der Waals surface area contributed by atoms with Gasteiger partial charge in [0.1, 0.15) is 6.61 Å². The standard InChI is InChI=1S/C30H42N2O5/c1-3-5-14-25(19-23-12-7-6-8-13-23)30(36)37-22-27-16-10-18-32(27)29(35)24(11-4-2)20-28(34)31-17-9-15-26(31)21-33/h3-4,6-8,12-13,24-27,33H,1-2,5,9-11,14-22H2/t24-,25+,26-,27-/m0/s1. The number of aliphatic hydroxyl groups excluding tert-OH is 1. The Bertz CT molecular complexity index is 918. The largest absolute Gasteiger partial charge is 0.463 e. The summed E-state index contributed by atoms with van der Waals surface area (Å²) in [7, 11) is 0. The zero-order valence-electron chi connectivity index (χ0n) is 21.9. The van der Waals surface area contributed by atoms with E-state index in [1.807, 2.05) is 36.4 Å². The fourth-order valence-electron chi connectivity index (χ4n) is 5.51. The van der Waals surface area contributed by atoms with Gasteiger partial charge in [-0.15, -0.1) is 13.2 Å². The van der Waals surface area contributed by atoms with Crippen molar-refractivity contribution in [3.63, 3.8) is 0 Å². The van der Waals surface area contributed by atoms with Crippen LogP contribution in [0.25, 0.3) is 0 Å². The first-order chi connectivity index (χ1) is 18.0. The number of likely N-dealkylation sites (tertiary alicyclic amines) is 2. The SMILES string of the molecule is C=CCC[C@H](Cc1ccccc1)C(=O)OC[C@@H]1CCCN1C(=O)[C@@H](CC=C)CC(=O)N1CCC[C@H]1CO. The van der Waals surface area contributed by atoms with Crippen molar-refractivity contribution in [1.29, 1.82) is 0 Å². The zero-order valence-corrected chi connectivity index (χ0v) is 21.9. The second-order valence-corrected chi connectivity index (χ2v) is 10.2. The summed E-state index contributed by atoms with van der Waals surface area (Å²) in [6.45, 7) is 8.90. The van der Waals surface area contributed by atoms with Crippen LogP contribution in [0.15, 0.2) is 55.6 Å². The van der Waals surface area contributed by atoms with Crippen LogP contribution in [-0.2, 0) is 25.5 Å². The van der Waals surface area contributed by atoms with Gasteiger partial charge in [-0.25, -0.2) is 0 Å². The lowest BCUT2D eigenvalue weighted by Crippen LogP contribution is -2.45. The molecule has 0 aliphatic carbocycles. The summed E-state index contributed by atoms with van der Waals surface area (Å²) in [6.07, 6.45) is 9.28. The van der Waals surface area contributed by atoms with Gasteiger partial charge in [0.2, 0.25) is 11.8 Å². The van der Waals surface area contributed by atoms with Gasteiger partial charge in [-0.2, -0.15) is 0 Å². The third-order valence-electron chi connectivity index (χ3n) is 7.59. The molecule has 3 rings (SSSR count). The van der Waals surface area contributed by atoms with Gasteiger partial charge >= 0.3 is 5.97 Å². The zero-order chi connectivity index (χ0) is 26.6. The number of amides is 2. The summed E-state index contributed by atoms with van der Waals surface area (Å²) < 4.78 is 5.78. The minimum atomic E-state index is -0.500. The summed E-state index contributed by atoms with van der Waals surface area (Å²) in [6, 6.07) is 9.56. The molecular weight excluding hydrogens is 468 g/mol. The molecule has 2 amide bonds. The second-order valence-electron chi connectivity index (χ2n) is 10.2. The highest BCUT2D eigenvalue weighted by atomic mass is 16.5. The van der Waals surface area contributed by atoms with E-state index in [1.165, 1.54) is 0 Å². The molecule has 7 heteroatoms. The van der Waals surface area contributed by atoms with Gasteiger partial charge in [-0.05, 0) is 56.9 Å². The summed E-state index contributed by atoms with van der Waals surface area (Å²) in [4.78, 5) is 43.0. The molecule has 4 atom stereocenters. The molecule has 0 saturated carbocycles. The van der Waals surface area contributed by atoms with Crippen LogP contribution < -0.4 is 0 Å². The molecule has 0 spiro atoms. The fourth-order valence-corrected chi connectivity index (χ4v) is 5.51. The number of nitrogens with zero attached hydrogens (tertiary/aromatic N) is 2. The first-order valence-corrected chi connectivity index (χ1v) is 13.6. The van der Waals surface area contributed by atoms with Crippen LogP contribution in [0.5, 0.6) is 0 Å². The highest BCUT2D eigenvalue weighted by Crippen LogP contribution is 2.26. The van der Waals surface area contributed by atoms with Gasteiger partial charge in [0, 0.05) is 19.5 Å². The lowest BCUT2D eigenvalue weighted by Gasteiger charge is -2.30. The van der Waals surface area contributed by atoms with Gasteiger partial charge in [-0.1, -0.05) is 42.5 Å². The molecule has 7 nitrogen and oxygen atoms in total. The molecule has 1 aromatic carbocycles. The lowest BCUT2D eigenvalue weighted by molar-refractivity contribution is -0.153. The molecule has 37 heavy (non-hydrogen) atoms. The number of carbonyl (C=O) groups is 3. The van der Waals surface area contributed by atoms with Crippen LogP contribution in [-0.4, -0.2) is 71.1 Å². The molecule has 2 heterocycles. The Labute approximate surface area is 221 Å². The average Bonchev–Trinajstić information content (AvgIpc) is 3.59. The van der Waals surface area contributed by atoms with Crippen LogP contribution in [0.3, 0.4) is 0 Å². The Morgan fingerprint density at radius 3 is 2.38 bits per heavy atom. The molecule has 0 aromatic heterocycles. The third kappa shape index (κ3) is 8.03. The molecule has 1 aromatic rings. The molecule has 0 unspecified atom stereocenters. The Morgan fingerprint density at radius 2 is 1.70 bits per heavy atom. The van der Waals surface area contributed by atoms with Crippen molar-refractivity contribution in [3.8, 4) is 0 Å². The van der Waals surface area contributed by atoms with Crippen molar-refractivity contribution >= 4 is 17.8 Å². The van der Waals surface area contributed by atoms with E-state index in [9.17, 15) is 19.5 Å². The second kappa shape index (κ2) is 14.7. The van der Waals surface area contributed by atoms with Crippen molar-refractivity contribution in [2.75, 3.05) is 26.3 Å². The fraction of sp³-hybridized carbons (Fsp3) is 0.567. The number of aliphatic hydroxyl groups is 1. The Hall–Kier alpha value is -2.93. The molecule has 2 aliphatic rings. The van der Waals surface area contributed by atoms with Gasteiger partial charge in [0.25, 0.3) is 0 Å². The first kappa shape index (κ1) is 28.6. The minimum absolute atomic E-state index is 0.0521. The first-order valence-electron chi connectivity index (χ1n) is 13.6. The van der Waals surface area contributed by atoms with Crippen molar-refractivity contribution in [2.45, 2.75) is 69.9 Å². The van der Waals surface area contributed by atoms with Gasteiger partial charge in [-0.3, -0.25) is 14.4 Å². The molecule has 2 aliphatic heterocycles. The molecule has 1 N–H and O–H groups in total. The van der Waals surface area contributed by atoms with E-state index in [-0.39, 0.29) is 55.4 Å². The Morgan fingerprint density at radius 1 is 1.00 bits per heavy atom. The number of benzene rings is 1. The van der Waals surface area contributed by atoms with Gasteiger partial charge in [0.05, 0.1) is 30.5 Å². The molecule has 202 valence electrons. The summed E-state index contributed by atoms with van der Waals surface area (Å²) in [5, 5.41) is 9.58. The van der Waals surface area contributed by atoms with E-state index in [4.69, 9.17) is 4.74 Å². The van der Waals surface area contributed by atoms with Crippen LogP contribution >= 0.6 is 0 Å². The van der Waals surface area contributed by atoms with Gasteiger partial charge in [0.15, 0.2) is 0 Å². The topological polar surface area (TPSA) is 87.2 Å². The number of esters is 1. The van der Waals surface area contributed by atoms with E-state index in [2.05, 4.69) is 13.2 Å². The average molecular weight is 511 g/mol. The van der Waals surface area contributed by atoms with Crippen LogP contribution in [0.4, 0.5) is 0 Å². The van der Waals surface area contributed by atoms with Gasteiger partial charge < -0.3 is 19.6 Å². The number of allylic oxidation sites excluding steroid dienone is 2. The Balaban J connectivity index is 1.59. The van der Waals surface area contributed by atoms with Crippen LogP contribution in [0.1, 0.15) is 56.9 Å². The van der Waals surface area contributed by atoms with Crippen molar-refractivity contribution < 1.29 is 24.2 Å². The van der Waals surface area contributed by atoms with E-state index >= 15 is 0 Å². The number of hydrogen-bond donors (Lipinski definition) is 1. The Kier molecular flexibility index (Phi) is 11.4. The number of rotatable bonds is 14. The monoisotopic (exact) mass is 510 g/mol. The van der Waals surface area contributed by atoms with E-state index in [1.54, 1.807) is 15.9 Å². The predicted molar refractivity (Wildman–Crippen MR) is 144 cm³/mol. The quantitative estimate of drug-likeness (QED) is 0.303. The van der Waals surface area contributed by atoms with Crippen molar-refractivity contribution in [1.82, 2.24) is 9.80 Å². The smallest absolute Gasteiger partial charge is 0.309 e. The van der Waals surface area contributed by atoms with E-state index in [0.717, 1.165) is 37.7 Å². The summed E-state index contributed by atoms with van der Waals surface area (Å²) in [5.74, 6) is -1.19. The number of ether oxygens (including phenoxy) is 1. The van der Waals surface area contributed by atoms with Crippen LogP contribution in [0, 0.1) is 11.8 Å². The molecule has 2 fully saturated rings. The highest BCUT2D eigenvalue weighted by molar-refractivity contribution is 5.86. The van der Waals surface area contributed by atoms with Crippen LogP contribution in [0.2, 0.25) is 0 Å². The third-order valence-corrected chi connectivity index (χ3v) is 7.59. The molecular formula is C30H42N2O5. The summed E-state index contributed by atoms with van der Waals surface area (Å²) >= 11 is 0. The normalized spacial score (nSPS) is 20.9. The van der Waals surface area contributed by atoms with Crippen molar-refractivity contribution in [3.05, 3.63) is 61.2 Å². The number of hydrogen-bond acceptors (Lipinski definition) is 5. The molecule has 0 radical (unpaired) electrons. The molecule has 2 saturated heterocycles. The lowest BCUT2D eigenvalue weighted by atomic mass is 9.95. The maximum Gasteiger partial charge on any atom is 0.309 e.